The summed E-state index contributed by atoms with van der Waals surface area (Å²) >= 11 is 0. The molecule has 1 fully saturated rings. The van der Waals surface area contributed by atoms with E-state index in [1.807, 2.05) is 36.9 Å². The van der Waals surface area contributed by atoms with E-state index in [0.717, 1.165) is 24.0 Å². The number of hydrogen-bond acceptors (Lipinski definition) is 2. The number of carbonyl (C=O) groups excluding carboxylic acids is 2. The van der Waals surface area contributed by atoms with Crippen LogP contribution in [-0.4, -0.2) is 35.8 Å². The van der Waals surface area contributed by atoms with Crippen LogP contribution in [0.5, 0.6) is 0 Å². The molecule has 1 saturated heterocycles. The Bertz CT molecular complexity index is 825. The molecule has 4 nitrogen and oxygen atoms in total. The molecule has 1 aliphatic rings. The van der Waals surface area contributed by atoms with Crippen molar-refractivity contribution in [3.05, 3.63) is 70.5 Å². The Morgan fingerprint density at radius 2 is 1.70 bits per heavy atom. The molecule has 1 N–H and O–H groups in total. The molecule has 27 heavy (non-hydrogen) atoms. The van der Waals surface area contributed by atoms with Crippen molar-refractivity contribution in [1.29, 1.82) is 0 Å². The number of piperidine rings is 1. The highest BCUT2D eigenvalue weighted by Crippen LogP contribution is 2.15. The summed E-state index contributed by atoms with van der Waals surface area (Å²) in [4.78, 5) is 26.7. The van der Waals surface area contributed by atoms with Gasteiger partial charge >= 0.3 is 0 Å². The van der Waals surface area contributed by atoms with Crippen LogP contribution < -0.4 is 5.32 Å². The van der Waals surface area contributed by atoms with Crippen molar-refractivity contribution in [2.75, 3.05) is 13.1 Å². The second-order valence-electron chi connectivity index (χ2n) is 7.23. The Balaban J connectivity index is 1.49. The highest BCUT2D eigenvalue weighted by Gasteiger charge is 2.24. The molecule has 1 heterocycles. The van der Waals surface area contributed by atoms with E-state index < -0.39 is 0 Å². The molecule has 0 radical (unpaired) electrons. The maximum absolute atomic E-state index is 13.0. The Morgan fingerprint density at radius 1 is 1.04 bits per heavy atom. The van der Waals surface area contributed by atoms with Gasteiger partial charge in [0.15, 0.2) is 0 Å². The standard InChI is InChI=1S/C22H25FN2O2/c1-15-3-6-18(13-16(15)2)22(27)24-20-9-11-25(12-10-20)21(26)14-17-4-7-19(23)8-5-17/h3-8,13,20H,9-12,14H2,1-2H3,(H,24,27). The largest absolute Gasteiger partial charge is 0.349 e. The normalized spacial score (nSPS) is 14.9. The van der Waals surface area contributed by atoms with Crippen LogP contribution in [0.2, 0.25) is 0 Å². The topological polar surface area (TPSA) is 49.4 Å². The highest BCUT2D eigenvalue weighted by molar-refractivity contribution is 5.94. The Hall–Kier alpha value is -2.69. The lowest BCUT2D eigenvalue weighted by Gasteiger charge is -2.32. The van der Waals surface area contributed by atoms with Gasteiger partial charge < -0.3 is 10.2 Å². The highest BCUT2D eigenvalue weighted by atomic mass is 19.1. The number of amides is 2. The van der Waals surface area contributed by atoms with Gasteiger partial charge in [0, 0.05) is 24.7 Å². The first-order valence-corrected chi connectivity index (χ1v) is 9.32. The van der Waals surface area contributed by atoms with Crippen LogP contribution in [0.15, 0.2) is 42.5 Å². The summed E-state index contributed by atoms with van der Waals surface area (Å²) in [6.07, 6.45) is 1.76. The number of hydrogen-bond donors (Lipinski definition) is 1. The van der Waals surface area contributed by atoms with Gasteiger partial charge in [0.05, 0.1) is 6.42 Å². The van der Waals surface area contributed by atoms with Crippen molar-refractivity contribution >= 4 is 11.8 Å². The maximum Gasteiger partial charge on any atom is 0.251 e. The maximum atomic E-state index is 13.0. The average Bonchev–Trinajstić information content (AvgIpc) is 2.66. The fourth-order valence-corrected chi connectivity index (χ4v) is 3.31. The van der Waals surface area contributed by atoms with E-state index in [2.05, 4.69) is 5.32 Å². The van der Waals surface area contributed by atoms with Crippen LogP contribution in [0.1, 0.15) is 39.9 Å². The van der Waals surface area contributed by atoms with Crippen molar-refractivity contribution in [3.63, 3.8) is 0 Å². The summed E-state index contributed by atoms with van der Waals surface area (Å²) < 4.78 is 13.0. The van der Waals surface area contributed by atoms with E-state index in [4.69, 9.17) is 0 Å². The lowest BCUT2D eigenvalue weighted by molar-refractivity contribution is -0.131. The van der Waals surface area contributed by atoms with Crippen LogP contribution in [0.4, 0.5) is 4.39 Å². The summed E-state index contributed by atoms with van der Waals surface area (Å²) in [5, 5.41) is 3.08. The summed E-state index contributed by atoms with van der Waals surface area (Å²) in [7, 11) is 0. The number of nitrogens with zero attached hydrogens (tertiary/aromatic N) is 1. The Morgan fingerprint density at radius 3 is 2.33 bits per heavy atom. The van der Waals surface area contributed by atoms with Crippen LogP contribution >= 0.6 is 0 Å². The molecule has 0 aromatic heterocycles. The van der Waals surface area contributed by atoms with Gasteiger partial charge in [-0.1, -0.05) is 18.2 Å². The molecule has 0 unspecified atom stereocenters. The van der Waals surface area contributed by atoms with Gasteiger partial charge in [-0.15, -0.1) is 0 Å². The third kappa shape index (κ3) is 4.94. The monoisotopic (exact) mass is 368 g/mol. The molecule has 2 amide bonds. The Kier molecular flexibility index (Phi) is 5.89. The van der Waals surface area contributed by atoms with Gasteiger partial charge in [0.25, 0.3) is 5.91 Å². The zero-order valence-corrected chi connectivity index (χ0v) is 15.8. The zero-order valence-electron chi connectivity index (χ0n) is 15.8. The van der Waals surface area contributed by atoms with E-state index in [0.29, 0.717) is 18.7 Å². The lowest BCUT2D eigenvalue weighted by Crippen LogP contribution is -2.47. The van der Waals surface area contributed by atoms with E-state index in [-0.39, 0.29) is 30.1 Å². The van der Waals surface area contributed by atoms with Gasteiger partial charge in [0.1, 0.15) is 5.82 Å². The first-order valence-electron chi connectivity index (χ1n) is 9.32. The average molecular weight is 368 g/mol. The predicted molar refractivity (Wildman–Crippen MR) is 103 cm³/mol. The molecular weight excluding hydrogens is 343 g/mol. The smallest absolute Gasteiger partial charge is 0.251 e. The number of carbonyl (C=O) groups is 2. The number of halogens is 1. The van der Waals surface area contributed by atoms with Gasteiger partial charge in [0.2, 0.25) is 5.91 Å². The number of aryl methyl sites for hydroxylation is 2. The van der Waals surface area contributed by atoms with Crippen LogP contribution in [0.3, 0.4) is 0 Å². The summed E-state index contributed by atoms with van der Waals surface area (Å²) in [5.74, 6) is -0.318. The molecule has 2 aromatic carbocycles. The van der Waals surface area contributed by atoms with Gasteiger partial charge in [-0.2, -0.15) is 0 Å². The zero-order chi connectivity index (χ0) is 19.4. The van der Waals surface area contributed by atoms with Gasteiger partial charge in [-0.05, 0) is 67.6 Å². The minimum absolute atomic E-state index is 0.0422. The minimum atomic E-state index is -0.300. The van der Waals surface area contributed by atoms with Crippen LogP contribution in [-0.2, 0) is 11.2 Å². The summed E-state index contributed by atoms with van der Waals surface area (Å²) in [6.45, 7) is 5.27. The number of rotatable bonds is 4. The fraction of sp³-hybridized carbons (Fsp3) is 0.364. The van der Waals surface area contributed by atoms with Crippen molar-refractivity contribution in [2.45, 2.75) is 39.2 Å². The van der Waals surface area contributed by atoms with Gasteiger partial charge in [-0.25, -0.2) is 4.39 Å². The number of benzene rings is 2. The van der Waals surface area contributed by atoms with Crippen molar-refractivity contribution in [2.24, 2.45) is 0 Å². The molecule has 3 rings (SSSR count). The second-order valence-corrected chi connectivity index (χ2v) is 7.23. The Labute approximate surface area is 159 Å². The number of likely N-dealkylation sites (tertiary alicyclic amines) is 1. The lowest BCUT2D eigenvalue weighted by atomic mass is 10.0. The molecule has 142 valence electrons. The summed E-state index contributed by atoms with van der Waals surface area (Å²) in [6, 6.07) is 11.8. The fourth-order valence-electron chi connectivity index (χ4n) is 3.31. The van der Waals surface area contributed by atoms with E-state index in [1.54, 1.807) is 12.1 Å². The first kappa shape index (κ1) is 19.1. The second kappa shape index (κ2) is 8.33. The third-order valence-electron chi connectivity index (χ3n) is 5.22. The number of nitrogens with one attached hydrogen (secondary N) is 1. The van der Waals surface area contributed by atoms with E-state index in [1.165, 1.54) is 17.7 Å². The van der Waals surface area contributed by atoms with E-state index >= 15 is 0 Å². The molecule has 0 spiro atoms. The van der Waals surface area contributed by atoms with E-state index in [9.17, 15) is 14.0 Å². The minimum Gasteiger partial charge on any atom is -0.349 e. The molecular formula is C22H25FN2O2. The SMILES string of the molecule is Cc1ccc(C(=O)NC2CCN(C(=O)Cc3ccc(F)cc3)CC2)cc1C. The van der Waals surface area contributed by atoms with Crippen molar-refractivity contribution in [1.82, 2.24) is 10.2 Å². The molecule has 0 saturated carbocycles. The molecule has 2 aromatic rings. The van der Waals surface area contributed by atoms with Crippen LogP contribution in [0.25, 0.3) is 0 Å². The molecule has 1 aliphatic heterocycles. The summed E-state index contributed by atoms with van der Waals surface area (Å²) in [5.41, 5.74) is 3.75. The van der Waals surface area contributed by atoms with Crippen molar-refractivity contribution < 1.29 is 14.0 Å². The first-order chi connectivity index (χ1) is 12.9. The molecule has 0 bridgehead atoms. The quantitative estimate of drug-likeness (QED) is 0.899. The van der Waals surface area contributed by atoms with Crippen LogP contribution in [0, 0.1) is 19.7 Å². The molecule has 0 atom stereocenters. The van der Waals surface area contributed by atoms with Crippen molar-refractivity contribution in [3.8, 4) is 0 Å². The third-order valence-corrected chi connectivity index (χ3v) is 5.22. The molecule has 5 heteroatoms. The molecule has 0 aliphatic carbocycles. The van der Waals surface area contributed by atoms with Gasteiger partial charge in [-0.3, -0.25) is 9.59 Å². The predicted octanol–water partition coefficient (Wildman–Crippen LogP) is 3.41.